The Bertz CT molecular complexity index is 516. The summed E-state index contributed by atoms with van der Waals surface area (Å²) in [7, 11) is 1.66. The number of aromatic nitrogens is 2. The van der Waals surface area contributed by atoms with Crippen LogP contribution in [0.1, 0.15) is 22.7 Å². The summed E-state index contributed by atoms with van der Waals surface area (Å²) >= 11 is 0. The molecule has 0 aliphatic carbocycles. The van der Waals surface area contributed by atoms with Crippen molar-refractivity contribution in [2.45, 2.75) is 13.0 Å². The fourth-order valence-corrected chi connectivity index (χ4v) is 1.86. The maximum absolute atomic E-state index is 5.62. The number of hydrogen-bond acceptors (Lipinski definition) is 5. The summed E-state index contributed by atoms with van der Waals surface area (Å²) in [5.41, 5.74) is 5.77. The molecule has 2 rings (SSSR count). The highest BCUT2D eigenvalue weighted by Gasteiger charge is 2.14. The summed E-state index contributed by atoms with van der Waals surface area (Å²) in [4.78, 5) is 8.00. The summed E-state index contributed by atoms with van der Waals surface area (Å²) in [6, 6.07) is 5.82. The number of benzene rings is 1. The third-order valence-electron chi connectivity index (χ3n) is 2.85. The predicted molar refractivity (Wildman–Crippen MR) is 68.9 cm³/mol. The average Bonchev–Trinajstić information content (AvgIpc) is 2.42. The van der Waals surface area contributed by atoms with E-state index in [9.17, 15) is 0 Å². The first kappa shape index (κ1) is 12.5. The van der Waals surface area contributed by atoms with Crippen molar-refractivity contribution in [3.63, 3.8) is 0 Å². The van der Waals surface area contributed by atoms with E-state index in [0.29, 0.717) is 0 Å². The molecule has 2 aromatic rings. The Balaban J connectivity index is 2.39. The largest absolute Gasteiger partial charge is 0.496 e. The molecular weight excluding hydrogens is 228 g/mol. The van der Waals surface area contributed by atoms with Crippen LogP contribution in [0, 0.1) is 6.92 Å². The second kappa shape index (κ2) is 5.57. The number of nitrogens with two attached hydrogens (primary N) is 1. The molecule has 0 amide bonds. The lowest BCUT2D eigenvalue weighted by atomic mass is 10.0. The van der Waals surface area contributed by atoms with Gasteiger partial charge in [-0.05, 0) is 24.1 Å². The van der Waals surface area contributed by atoms with Crippen molar-refractivity contribution in [3.05, 3.63) is 53.6 Å². The summed E-state index contributed by atoms with van der Waals surface area (Å²) in [5, 5.41) is 0. The van der Waals surface area contributed by atoms with Crippen LogP contribution < -0.4 is 16.0 Å². The first-order chi connectivity index (χ1) is 8.76. The normalized spacial score (nSPS) is 12.2. The highest BCUT2D eigenvalue weighted by molar-refractivity contribution is 5.40. The van der Waals surface area contributed by atoms with Crippen molar-refractivity contribution in [2.75, 3.05) is 7.11 Å². The Hall–Kier alpha value is -1.98. The van der Waals surface area contributed by atoms with Crippen molar-refractivity contribution in [2.24, 2.45) is 5.84 Å². The molecular formula is C13H16N4O. The number of rotatable bonds is 4. The highest BCUT2D eigenvalue weighted by atomic mass is 16.5. The minimum Gasteiger partial charge on any atom is -0.496 e. The number of aryl methyl sites for hydroxylation is 1. The molecule has 0 spiro atoms. The predicted octanol–water partition coefficient (Wildman–Crippen LogP) is 1.35. The number of nitrogens with zero attached hydrogens (tertiary/aromatic N) is 2. The molecule has 1 heterocycles. The van der Waals surface area contributed by atoms with Gasteiger partial charge in [0.15, 0.2) is 0 Å². The molecule has 5 heteroatoms. The van der Waals surface area contributed by atoms with E-state index in [0.717, 1.165) is 22.4 Å². The summed E-state index contributed by atoms with van der Waals surface area (Å²) in [6.07, 6.45) is 4.97. The Labute approximate surface area is 106 Å². The SMILES string of the molecule is COc1cc(C(NN)c2cncnc2)ccc1C. The molecule has 0 fully saturated rings. The number of ether oxygens (including phenoxy) is 1. The Morgan fingerprint density at radius 2 is 1.94 bits per heavy atom. The van der Waals surface area contributed by atoms with Gasteiger partial charge in [0.2, 0.25) is 0 Å². The molecule has 3 N–H and O–H groups in total. The van der Waals surface area contributed by atoms with Gasteiger partial charge >= 0.3 is 0 Å². The molecule has 5 nitrogen and oxygen atoms in total. The molecule has 1 aromatic heterocycles. The maximum atomic E-state index is 5.62. The number of nitrogens with one attached hydrogen (secondary N) is 1. The topological polar surface area (TPSA) is 73.1 Å². The lowest BCUT2D eigenvalue weighted by Gasteiger charge is -2.17. The van der Waals surface area contributed by atoms with E-state index < -0.39 is 0 Å². The van der Waals surface area contributed by atoms with Crippen molar-refractivity contribution >= 4 is 0 Å². The Morgan fingerprint density at radius 3 is 2.56 bits per heavy atom. The van der Waals surface area contributed by atoms with Crippen molar-refractivity contribution < 1.29 is 4.74 Å². The van der Waals surface area contributed by atoms with Gasteiger partial charge in [0.25, 0.3) is 0 Å². The van der Waals surface area contributed by atoms with Crippen LogP contribution in [0.15, 0.2) is 36.9 Å². The zero-order valence-electron chi connectivity index (χ0n) is 10.4. The van der Waals surface area contributed by atoms with Gasteiger partial charge in [0, 0.05) is 18.0 Å². The van der Waals surface area contributed by atoms with Crippen LogP contribution in [-0.2, 0) is 0 Å². The van der Waals surface area contributed by atoms with E-state index in [4.69, 9.17) is 10.6 Å². The molecule has 0 saturated heterocycles. The Morgan fingerprint density at radius 1 is 1.22 bits per heavy atom. The van der Waals surface area contributed by atoms with Gasteiger partial charge in [0.05, 0.1) is 13.2 Å². The lowest BCUT2D eigenvalue weighted by molar-refractivity contribution is 0.410. The van der Waals surface area contributed by atoms with Gasteiger partial charge in [-0.15, -0.1) is 0 Å². The second-order valence-corrected chi connectivity index (χ2v) is 4.00. The van der Waals surface area contributed by atoms with Gasteiger partial charge in [-0.1, -0.05) is 12.1 Å². The smallest absolute Gasteiger partial charge is 0.122 e. The van der Waals surface area contributed by atoms with E-state index in [1.807, 2.05) is 25.1 Å². The third-order valence-corrected chi connectivity index (χ3v) is 2.85. The minimum absolute atomic E-state index is 0.152. The van der Waals surface area contributed by atoms with E-state index in [2.05, 4.69) is 15.4 Å². The molecule has 0 bridgehead atoms. The molecule has 94 valence electrons. The van der Waals surface area contributed by atoms with Crippen LogP contribution in [0.25, 0.3) is 0 Å². The fourth-order valence-electron chi connectivity index (χ4n) is 1.86. The monoisotopic (exact) mass is 244 g/mol. The third kappa shape index (κ3) is 2.47. The maximum Gasteiger partial charge on any atom is 0.122 e. The van der Waals surface area contributed by atoms with E-state index >= 15 is 0 Å². The molecule has 0 aliphatic heterocycles. The number of hydrazine groups is 1. The van der Waals surface area contributed by atoms with Crippen LogP contribution in [0.3, 0.4) is 0 Å². The quantitative estimate of drug-likeness (QED) is 0.627. The van der Waals surface area contributed by atoms with Crippen LogP contribution in [-0.4, -0.2) is 17.1 Å². The van der Waals surface area contributed by atoms with Crippen molar-refractivity contribution in [1.29, 1.82) is 0 Å². The van der Waals surface area contributed by atoms with Crippen LogP contribution in [0.2, 0.25) is 0 Å². The molecule has 0 saturated carbocycles. The summed E-state index contributed by atoms with van der Waals surface area (Å²) in [6.45, 7) is 2.00. The standard InChI is InChI=1S/C13H16N4O/c1-9-3-4-10(5-12(9)18-2)13(17-14)11-6-15-8-16-7-11/h3-8,13,17H,14H2,1-2H3. The van der Waals surface area contributed by atoms with E-state index in [-0.39, 0.29) is 6.04 Å². The zero-order chi connectivity index (χ0) is 13.0. The molecule has 1 atom stereocenters. The second-order valence-electron chi connectivity index (χ2n) is 4.00. The summed E-state index contributed by atoms with van der Waals surface area (Å²) < 4.78 is 5.32. The van der Waals surface area contributed by atoms with Crippen LogP contribution in [0.4, 0.5) is 0 Å². The zero-order valence-corrected chi connectivity index (χ0v) is 10.4. The number of methoxy groups -OCH3 is 1. The first-order valence-corrected chi connectivity index (χ1v) is 5.62. The number of hydrogen-bond donors (Lipinski definition) is 2. The highest BCUT2D eigenvalue weighted by Crippen LogP contribution is 2.26. The molecule has 0 aliphatic rings. The minimum atomic E-state index is -0.152. The molecule has 18 heavy (non-hydrogen) atoms. The van der Waals surface area contributed by atoms with Gasteiger partial charge in [-0.2, -0.15) is 0 Å². The molecule has 1 unspecified atom stereocenters. The summed E-state index contributed by atoms with van der Waals surface area (Å²) in [5.74, 6) is 6.46. The van der Waals surface area contributed by atoms with Gasteiger partial charge in [-0.3, -0.25) is 5.84 Å². The first-order valence-electron chi connectivity index (χ1n) is 5.62. The molecule has 0 radical (unpaired) electrons. The van der Waals surface area contributed by atoms with Gasteiger partial charge < -0.3 is 4.74 Å². The average molecular weight is 244 g/mol. The van der Waals surface area contributed by atoms with E-state index in [1.165, 1.54) is 6.33 Å². The van der Waals surface area contributed by atoms with Gasteiger partial charge in [0.1, 0.15) is 12.1 Å². The Kier molecular flexibility index (Phi) is 3.86. The van der Waals surface area contributed by atoms with Crippen LogP contribution in [0.5, 0.6) is 5.75 Å². The van der Waals surface area contributed by atoms with Gasteiger partial charge in [-0.25, -0.2) is 15.4 Å². The van der Waals surface area contributed by atoms with E-state index in [1.54, 1.807) is 19.5 Å². The van der Waals surface area contributed by atoms with Crippen molar-refractivity contribution in [1.82, 2.24) is 15.4 Å². The molecule has 1 aromatic carbocycles. The lowest BCUT2D eigenvalue weighted by Crippen LogP contribution is -2.29. The van der Waals surface area contributed by atoms with Crippen molar-refractivity contribution in [3.8, 4) is 5.75 Å². The van der Waals surface area contributed by atoms with Crippen LogP contribution >= 0.6 is 0 Å². The fraction of sp³-hybridized carbons (Fsp3) is 0.231.